The van der Waals surface area contributed by atoms with Crippen molar-refractivity contribution in [1.29, 1.82) is 0 Å². The van der Waals surface area contributed by atoms with Gasteiger partial charge in [0.25, 0.3) is 0 Å². The zero-order chi connectivity index (χ0) is 9.10. The van der Waals surface area contributed by atoms with Crippen molar-refractivity contribution in [1.82, 2.24) is 14.8 Å². The summed E-state index contributed by atoms with van der Waals surface area (Å²) in [6, 6.07) is 0. The zero-order valence-electron chi connectivity index (χ0n) is 7.69. The molecule has 1 saturated carbocycles. The van der Waals surface area contributed by atoms with E-state index in [2.05, 4.69) is 10.2 Å². The maximum Gasteiger partial charge on any atom is 0.158 e. The van der Waals surface area contributed by atoms with Gasteiger partial charge >= 0.3 is 0 Å². The largest absolute Gasteiger partial charge is 0.388 e. The van der Waals surface area contributed by atoms with Crippen LogP contribution in [0.25, 0.3) is 0 Å². The Morgan fingerprint density at radius 3 is 3.00 bits per heavy atom. The summed E-state index contributed by atoms with van der Waals surface area (Å²) in [5.41, 5.74) is 0. The maximum atomic E-state index is 8.92. The molecule has 1 fully saturated rings. The summed E-state index contributed by atoms with van der Waals surface area (Å²) < 4.78 is 1.94. The third-order valence-electron chi connectivity index (χ3n) is 2.84. The van der Waals surface area contributed by atoms with Gasteiger partial charge in [-0.05, 0) is 12.3 Å². The van der Waals surface area contributed by atoms with Gasteiger partial charge in [-0.1, -0.05) is 19.3 Å². The molecule has 1 heterocycles. The molecule has 2 rings (SSSR count). The van der Waals surface area contributed by atoms with Gasteiger partial charge in [-0.25, -0.2) is 0 Å². The second-order valence-electron chi connectivity index (χ2n) is 3.68. The van der Waals surface area contributed by atoms with Crippen LogP contribution in [0.2, 0.25) is 0 Å². The summed E-state index contributed by atoms with van der Waals surface area (Å²) in [7, 11) is 0. The van der Waals surface area contributed by atoms with Crippen LogP contribution in [0.4, 0.5) is 0 Å². The molecule has 0 radical (unpaired) electrons. The highest BCUT2D eigenvalue weighted by molar-refractivity contribution is 4.83. The molecule has 4 nitrogen and oxygen atoms in total. The van der Waals surface area contributed by atoms with E-state index in [-0.39, 0.29) is 6.61 Å². The third-order valence-corrected chi connectivity index (χ3v) is 2.84. The Kier molecular flexibility index (Phi) is 2.59. The third kappa shape index (κ3) is 1.88. The number of rotatable bonds is 4. The molecule has 0 unspecified atom stereocenters. The highest BCUT2D eigenvalue weighted by Gasteiger charge is 2.17. The summed E-state index contributed by atoms with van der Waals surface area (Å²) in [6.45, 7) is 0.943. The summed E-state index contributed by atoms with van der Waals surface area (Å²) >= 11 is 0. The molecule has 1 N–H and O–H groups in total. The van der Waals surface area contributed by atoms with E-state index in [1.165, 1.54) is 25.7 Å². The first kappa shape index (κ1) is 8.69. The van der Waals surface area contributed by atoms with Crippen LogP contribution in [0.5, 0.6) is 0 Å². The topological polar surface area (TPSA) is 50.9 Å². The van der Waals surface area contributed by atoms with Crippen molar-refractivity contribution >= 4 is 0 Å². The molecular formula is C9H15N3O. The zero-order valence-corrected chi connectivity index (χ0v) is 7.69. The van der Waals surface area contributed by atoms with Crippen LogP contribution in [0, 0.1) is 5.92 Å². The Bertz CT molecular complexity index is 268. The summed E-state index contributed by atoms with van der Waals surface area (Å²) in [4.78, 5) is 0. The van der Waals surface area contributed by atoms with Gasteiger partial charge in [-0.3, -0.25) is 0 Å². The van der Waals surface area contributed by atoms with Crippen molar-refractivity contribution in [2.45, 2.75) is 38.8 Å². The van der Waals surface area contributed by atoms with E-state index < -0.39 is 0 Å². The smallest absolute Gasteiger partial charge is 0.158 e. The van der Waals surface area contributed by atoms with Crippen LogP contribution in [0.15, 0.2) is 6.33 Å². The molecule has 0 aromatic carbocycles. The number of hydrogen-bond acceptors (Lipinski definition) is 3. The van der Waals surface area contributed by atoms with E-state index >= 15 is 0 Å². The number of aryl methyl sites for hydroxylation is 1. The van der Waals surface area contributed by atoms with Crippen LogP contribution < -0.4 is 0 Å². The van der Waals surface area contributed by atoms with Gasteiger partial charge in [-0.15, -0.1) is 10.2 Å². The average Bonchev–Trinajstić information content (AvgIpc) is 2.49. The molecule has 1 aliphatic carbocycles. The molecule has 1 aromatic heterocycles. The molecule has 0 saturated heterocycles. The van der Waals surface area contributed by atoms with Gasteiger partial charge in [0.05, 0.1) is 0 Å². The first-order valence-electron chi connectivity index (χ1n) is 4.87. The van der Waals surface area contributed by atoms with Gasteiger partial charge in [0.2, 0.25) is 0 Å². The van der Waals surface area contributed by atoms with Crippen molar-refractivity contribution < 1.29 is 5.11 Å². The summed E-state index contributed by atoms with van der Waals surface area (Å²) in [5.74, 6) is 1.58. The maximum absolute atomic E-state index is 8.92. The lowest BCUT2D eigenvalue weighted by atomic mass is 9.83. The number of aromatic nitrogens is 3. The molecular weight excluding hydrogens is 166 g/mol. The second-order valence-corrected chi connectivity index (χ2v) is 3.68. The van der Waals surface area contributed by atoms with Crippen LogP contribution in [-0.4, -0.2) is 19.9 Å². The van der Waals surface area contributed by atoms with E-state index in [0.29, 0.717) is 5.82 Å². The minimum Gasteiger partial charge on any atom is -0.388 e. The van der Waals surface area contributed by atoms with Crippen molar-refractivity contribution in [2.75, 3.05) is 0 Å². The molecule has 4 heteroatoms. The number of nitrogens with zero attached hydrogens (tertiary/aromatic N) is 3. The minimum atomic E-state index is -0.00926. The molecule has 0 amide bonds. The quantitative estimate of drug-likeness (QED) is 0.752. The molecule has 1 aliphatic rings. The van der Waals surface area contributed by atoms with E-state index in [9.17, 15) is 0 Å². The van der Waals surface area contributed by atoms with Crippen molar-refractivity contribution in [3.63, 3.8) is 0 Å². The molecule has 0 spiro atoms. The van der Waals surface area contributed by atoms with Gasteiger partial charge < -0.3 is 9.67 Å². The van der Waals surface area contributed by atoms with E-state index in [1.54, 1.807) is 6.33 Å². The Morgan fingerprint density at radius 1 is 1.54 bits per heavy atom. The lowest BCUT2D eigenvalue weighted by molar-refractivity contribution is 0.253. The van der Waals surface area contributed by atoms with Gasteiger partial charge in [0.15, 0.2) is 5.82 Å². The monoisotopic (exact) mass is 181 g/mol. The first-order chi connectivity index (χ1) is 6.40. The van der Waals surface area contributed by atoms with Gasteiger partial charge in [-0.2, -0.15) is 0 Å². The van der Waals surface area contributed by atoms with Crippen LogP contribution in [0.1, 0.15) is 31.5 Å². The van der Waals surface area contributed by atoms with Gasteiger partial charge in [0.1, 0.15) is 12.9 Å². The van der Waals surface area contributed by atoms with Crippen molar-refractivity contribution in [2.24, 2.45) is 5.92 Å². The minimum absolute atomic E-state index is 0.00926. The number of aliphatic hydroxyl groups is 1. The SMILES string of the molecule is OCc1nncn1CCC1CCC1. The predicted molar refractivity (Wildman–Crippen MR) is 47.9 cm³/mol. The average molecular weight is 181 g/mol. The van der Waals surface area contributed by atoms with Gasteiger partial charge in [0, 0.05) is 6.54 Å². The highest BCUT2D eigenvalue weighted by Crippen LogP contribution is 2.29. The molecule has 1 aromatic rings. The van der Waals surface area contributed by atoms with E-state index in [1.807, 2.05) is 4.57 Å². The molecule has 0 bridgehead atoms. The fraction of sp³-hybridized carbons (Fsp3) is 0.778. The van der Waals surface area contributed by atoms with E-state index in [0.717, 1.165) is 12.5 Å². The predicted octanol–water partition coefficient (Wildman–Crippen LogP) is 0.961. The second kappa shape index (κ2) is 3.87. The lowest BCUT2D eigenvalue weighted by Gasteiger charge is -2.25. The lowest BCUT2D eigenvalue weighted by Crippen LogP contribution is -2.14. The molecule has 0 atom stereocenters. The fourth-order valence-electron chi connectivity index (χ4n) is 1.69. The van der Waals surface area contributed by atoms with Crippen LogP contribution in [0.3, 0.4) is 0 Å². The highest BCUT2D eigenvalue weighted by atomic mass is 16.3. The summed E-state index contributed by atoms with van der Waals surface area (Å²) in [6.07, 6.45) is 7.03. The van der Waals surface area contributed by atoms with Crippen molar-refractivity contribution in [3.05, 3.63) is 12.2 Å². The molecule has 0 aliphatic heterocycles. The molecule has 13 heavy (non-hydrogen) atoms. The standard InChI is InChI=1S/C9H15N3O/c13-6-9-11-10-7-12(9)5-4-8-2-1-3-8/h7-8,13H,1-6H2. The normalized spacial score (nSPS) is 17.3. The fourth-order valence-corrected chi connectivity index (χ4v) is 1.69. The van der Waals surface area contributed by atoms with E-state index in [4.69, 9.17) is 5.11 Å². The number of aliphatic hydroxyl groups excluding tert-OH is 1. The van der Waals surface area contributed by atoms with Crippen molar-refractivity contribution in [3.8, 4) is 0 Å². The summed E-state index contributed by atoms with van der Waals surface area (Å²) in [5, 5.41) is 16.5. The molecule has 72 valence electrons. The first-order valence-corrected chi connectivity index (χ1v) is 4.87. The Balaban J connectivity index is 1.85. The Hall–Kier alpha value is -0.900. The van der Waals surface area contributed by atoms with Crippen LogP contribution in [-0.2, 0) is 13.2 Å². The van der Waals surface area contributed by atoms with Crippen LogP contribution >= 0.6 is 0 Å². The Labute approximate surface area is 77.6 Å². The number of hydrogen-bond donors (Lipinski definition) is 1. The Morgan fingerprint density at radius 2 is 2.38 bits per heavy atom.